The van der Waals surface area contributed by atoms with Crippen LogP contribution < -0.4 is 15.4 Å². The van der Waals surface area contributed by atoms with E-state index < -0.39 is 15.9 Å². The number of nitrogens with two attached hydrogens (primary N) is 1. The molecule has 1 saturated heterocycles. The highest BCUT2D eigenvalue weighted by atomic mass is 35.5. The minimum absolute atomic E-state index is 0.0250. The maximum absolute atomic E-state index is 12.7. The minimum Gasteiger partial charge on any atom is -0.355 e. The number of rotatable bonds is 7. The molecular weight excluding hydrogens is 508 g/mol. The Balaban J connectivity index is 1.45. The molecule has 1 aliphatic heterocycles. The molecule has 1 aromatic carbocycles. The zero-order chi connectivity index (χ0) is 25.1. The van der Waals surface area contributed by atoms with Gasteiger partial charge in [0.2, 0.25) is 0 Å². The molecule has 12 heteroatoms. The Morgan fingerprint density at radius 1 is 1.14 bits per heavy atom. The Morgan fingerprint density at radius 3 is 2.54 bits per heavy atom. The van der Waals surface area contributed by atoms with Crippen molar-refractivity contribution in [3.8, 4) is 0 Å². The molecule has 0 saturated carbocycles. The molecule has 0 radical (unpaired) electrons. The Hall–Kier alpha value is -2.73. The molecule has 0 unspecified atom stereocenters. The summed E-state index contributed by atoms with van der Waals surface area (Å²) in [6.07, 6.45) is 6.71. The SMILES string of the molecule is CC1(CN)CCN(c2cnc(Sc3cccc(C(=O)NS(=O)(=O)c4ccccn4)c3Cl)cn2)CC1. The van der Waals surface area contributed by atoms with E-state index in [-0.39, 0.29) is 21.0 Å². The predicted molar refractivity (Wildman–Crippen MR) is 135 cm³/mol. The fraction of sp³-hybridized carbons (Fsp3) is 0.304. The summed E-state index contributed by atoms with van der Waals surface area (Å²) < 4.78 is 26.9. The van der Waals surface area contributed by atoms with Crippen molar-refractivity contribution in [1.82, 2.24) is 19.7 Å². The molecule has 0 aliphatic carbocycles. The smallest absolute Gasteiger partial charge is 0.281 e. The van der Waals surface area contributed by atoms with Crippen molar-refractivity contribution in [2.75, 3.05) is 24.5 Å². The van der Waals surface area contributed by atoms with Gasteiger partial charge < -0.3 is 10.6 Å². The van der Waals surface area contributed by atoms with Gasteiger partial charge in [-0.05, 0) is 49.1 Å². The molecular formula is C23H25ClN6O3S2. The predicted octanol–water partition coefficient (Wildman–Crippen LogP) is 3.36. The first-order valence-corrected chi connectivity index (χ1v) is 13.6. The second kappa shape index (κ2) is 10.5. The highest BCUT2D eigenvalue weighted by Crippen LogP contribution is 2.35. The van der Waals surface area contributed by atoms with Crippen molar-refractivity contribution in [2.45, 2.75) is 34.7 Å². The summed E-state index contributed by atoms with van der Waals surface area (Å²) in [7, 11) is -4.13. The van der Waals surface area contributed by atoms with E-state index in [9.17, 15) is 13.2 Å². The molecule has 3 heterocycles. The minimum atomic E-state index is -4.13. The van der Waals surface area contributed by atoms with E-state index in [1.165, 1.54) is 36.2 Å². The van der Waals surface area contributed by atoms with Crippen LogP contribution in [-0.4, -0.2) is 48.9 Å². The number of piperidine rings is 1. The number of anilines is 1. The molecule has 0 bridgehead atoms. The van der Waals surface area contributed by atoms with Crippen LogP contribution in [0.25, 0.3) is 0 Å². The molecule has 0 atom stereocenters. The van der Waals surface area contributed by atoms with Crippen molar-refractivity contribution >= 4 is 45.1 Å². The summed E-state index contributed by atoms with van der Waals surface area (Å²) in [5, 5.41) is 0.457. The number of hydrogen-bond donors (Lipinski definition) is 2. The van der Waals surface area contributed by atoms with Gasteiger partial charge in [-0.2, -0.15) is 8.42 Å². The number of halogens is 1. The summed E-state index contributed by atoms with van der Waals surface area (Å²) in [5.74, 6) is -0.0495. The lowest BCUT2D eigenvalue weighted by Gasteiger charge is -2.39. The zero-order valence-corrected chi connectivity index (χ0v) is 21.4. The lowest BCUT2D eigenvalue weighted by Crippen LogP contribution is -2.42. The quantitative estimate of drug-likeness (QED) is 0.470. The summed E-state index contributed by atoms with van der Waals surface area (Å²) in [4.78, 5) is 28.3. The van der Waals surface area contributed by atoms with Crippen LogP contribution in [0.3, 0.4) is 0 Å². The molecule has 1 aliphatic rings. The Labute approximate surface area is 213 Å². The van der Waals surface area contributed by atoms with Gasteiger partial charge in [0.25, 0.3) is 15.9 Å². The van der Waals surface area contributed by atoms with Gasteiger partial charge in [-0.3, -0.25) is 4.79 Å². The molecule has 1 amide bonds. The van der Waals surface area contributed by atoms with Gasteiger partial charge in [0.15, 0.2) is 5.03 Å². The van der Waals surface area contributed by atoms with Crippen LogP contribution in [-0.2, 0) is 10.0 Å². The van der Waals surface area contributed by atoms with E-state index in [0.29, 0.717) is 16.5 Å². The van der Waals surface area contributed by atoms with Crippen LogP contribution in [0.2, 0.25) is 5.02 Å². The molecule has 184 valence electrons. The number of nitrogens with zero attached hydrogens (tertiary/aromatic N) is 4. The van der Waals surface area contributed by atoms with Crippen LogP contribution in [0.5, 0.6) is 0 Å². The Morgan fingerprint density at radius 2 is 1.91 bits per heavy atom. The Kier molecular flexibility index (Phi) is 7.60. The number of pyridine rings is 1. The van der Waals surface area contributed by atoms with Gasteiger partial charge in [0, 0.05) is 24.2 Å². The first kappa shape index (κ1) is 25.4. The topological polar surface area (TPSA) is 131 Å². The Bertz CT molecular complexity index is 1300. The molecule has 35 heavy (non-hydrogen) atoms. The van der Waals surface area contributed by atoms with Crippen LogP contribution in [0.15, 0.2) is 69.9 Å². The first-order valence-electron chi connectivity index (χ1n) is 10.9. The third-order valence-corrected chi connectivity index (χ3v) is 8.71. The van der Waals surface area contributed by atoms with Crippen molar-refractivity contribution in [3.63, 3.8) is 0 Å². The second-order valence-electron chi connectivity index (χ2n) is 8.54. The van der Waals surface area contributed by atoms with Crippen LogP contribution in [0.1, 0.15) is 30.1 Å². The highest BCUT2D eigenvalue weighted by molar-refractivity contribution is 7.99. The number of amides is 1. The third-order valence-electron chi connectivity index (χ3n) is 5.96. The van der Waals surface area contributed by atoms with E-state index in [4.69, 9.17) is 17.3 Å². The number of hydrogen-bond acceptors (Lipinski definition) is 9. The third kappa shape index (κ3) is 5.92. The number of nitrogens with one attached hydrogen (secondary N) is 1. The van der Waals surface area contributed by atoms with Crippen molar-refractivity contribution < 1.29 is 13.2 Å². The standard InChI is InChI=1S/C23H25ClN6O3S2/c1-23(15-25)8-11-30(12-9-23)18-13-28-19(14-27-18)34-17-6-4-5-16(21(17)24)22(31)29-35(32,33)20-7-2-3-10-26-20/h2-7,10,13-14H,8-9,11-12,15,25H2,1H3,(H,29,31). The molecule has 3 aromatic rings. The number of benzene rings is 1. The normalized spacial score (nSPS) is 15.6. The van der Waals surface area contributed by atoms with Gasteiger partial charge in [0.1, 0.15) is 10.8 Å². The van der Waals surface area contributed by atoms with Crippen LogP contribution in [0.4, 0.5) is 5.82 Å². The lowest BCUT2D eigenvalue weighted by atomic mass is 9.80. The van der Waals surface area contributed by atoms with E-state index >= 15 is 0 Å². The van der Waals surface area contributed by atoms with E-state index in [2.05, 4.69) is 26.8 Å². The largest absolute Gasteiger partial charge is 0.355 e. The zero-order valence-electron chi connectivity index (χ0n) is 19.0. The second-order valence-corrected chi connectivity index (χ2v) is 11.6. The molecule has 2 aromatic heterocycles. The van der Waals surface area contributed by atoms with Crippen molar-refractivity contribution in [3.05, 3.63) is 65.6 Å². The molecule has 4 rings (SSSR count). The number of carbonyl (C=O) groups is 1. The first-order chi connectivity index (χ1) is 16.7. The van der Waals surface area contributed by atoms with Gasteiger partial charge in [0.05, 0.1) is 23.0 Å². The van der Waals surface area contributed by atoms with E-state index in [1.54, 1.807) is 30.6 Å². The fourth-order valence-electron chi connectivity index (χ4n) is 3.62. The molecule has 1 fully saturated rings. The lowest BCUT2D eigenvalue weighted by molar-refractivity contribution is 0.0981. The fourth-order valence-corrected chi connectivity index (χ4v) is 5.64. The highest BCUT2D eigenvalue weighted by Gasteiger charge is 2.29. The molecule has 0 spiro atoms. The maximum atomic E-state index is 12.7. The van der Waals surface area contributed by atoms with Crippen LogP contribution in [0, 0.1) is 5.41 Å². The van der Waals surface area contributed by atoms with Gasteiger partial charge in [-0.1, -0.05) is 42.4 Å². The van der Waals surface area contributed by atoms with E-state index in [0.717, 1.165) is 31.7 Å². The van der Waals surface area contributed by atoms with Gasteiger partial charge in [-0.15, -0.1) is 0 Å². The van der Waals surface area contributed by atoms with Crippen molar-refractivity contribution in [2.24, 2.45) is 11.1 Å². The monoisotopic (exact) mass is 532 g/mol. The van der Waals surface area contributed by atoms with Crippen LogP contribution >= 0.6 is 23.4 Å². The average Bonchev–Trinajstić information content (AvgIpc) is 2.86. The number of sulfonamides is 1. The molecule has 9 nitrogen and oxygen atoms in total. The number of carbonyl (C=O) groups excluding carboxylic acids is 1. The van der Waals surface area contributed by atoms with Crippen molar-refractivity contribution in [1.29, 1.82) is 0 Å². The summed E-state index contributed by atoms with van der Waals surface area (Å²) >= 11 is 7.70. The maximum Gasteiger partial charge on any atom is 0.281 e. The van der Waals surface area contributed by atoms with E-state index in [1.807, 2.05) is 4.72 Å². The molecule has 3 N–H and O–H groups in total. The average molecular weight is 533 g/mol. The summed E-state index contributed by atoms with van der Waals surface area (Å²) in [6, 6.07) is 9.20. The number of aromatic nitrogens is 3. The summed E-state index contributed by atoms with van der Waals surface area (Å²) in [5.41, 5.74) is 6.09. The van der Waals surface area contributed by atoms with Gasteiger partial charge in [-0.25, -0.2) is 19.7 Å². The van der Waals surface area contributed by atoms with Gasteiger partial charge >= 0.3 is 0 Å². The summed E-state index contributed by atoms with van der Waals surface area (Å²) in [6.45, 7) is 4.63.